The third-order valence-corrected chi connectivity index (χ3v) is 4.15. The number of hydrogen-bond donors (Lipinski definition) is 0. The van der Waals surface area contributed by atoms with Crippen molar-refractivity contribution in [3.8, 4) is 0 Å². The van der Waals surface area contributed by atoms with Crippen LogP contribution >= 0.6 is 23.7 Å². The van der Waals surface area contributed by atoms with Crippen LogP contribution in [0.25, 0.3) is 0 Å². The summed E-state index contributed by atoms with van der Waals surface area (Å²) in [6.07, 6.45) is 0.558. The Morgan fingerprint density at radius 1 is 1.32 bits per heavy atom. The summed E-state index contributed by atoms with van der Waals surface area (Å²) in [5.74, 6) is 0.205. The summed E-state index contributed by atoms with van der Waals surface area (Å²) in [7, 11) is 0. The van der Waals surface area contributed by atoms with E-state index in [0.29, 0.717) is 12.5 Å². The molecule has 1 rings (SSSR count). The van der Waals surface area contributed by atoms with Crippen molar-refractivity contribution < 1.29 is 4.79 Å². The van der Waals surface area contributed by atoms with Crippen LogP contribution in [-0.2, 0) is 4.79 Å². The molecule has 1 heterocycles. The van der Waals surface area contributed by atoms with E-state index in [1.165, 1.54) is 0 Å². The standard InChI is InChI=1S/C14H24N2OS.ClH/c1-5-13(17)16(14-9-8-10-18-14)11-12(4)15(6-2)7-3;/h8-10,12H,5-7,11H2,1-4H3;1H. The lowest BCUT2D eigenvalue weighted by molar-refractivity contribution is -0.118. The lowest BCUT2D eigenvalue weighted by Crippen LogP contribution is -2.44. The van der Waals surface area contributed by atoms with Crippen LogP contribution in [0.2, 0.25) is 0 Å². The third kappa shape index (κ3) is 5.13. The molecule has 0 aromatic carbocycles. The largest absolute Gasteiger partial charge is 0.302 e. The second kappa shape index (κ2) is 9.34. The Bertz CT molecular complexity index is 352. The molecule has 1 atom stereocenters. The first-order chi connectivity index (χ1) is 8.63. The highest BCUT2D eigenvalue weighted by Crippen LogP contribution is 2.22. The highest BCUT2D eigenvalue weighted by atomic mass is 35.5. The average Bonchev–Trinajstić information content (AvgIpc) is 2.90. The van der Waals surface area contributed by atoms with Gasteiger partial charge in [0.25, 0.3) is 0 Å². The molecule has 0 bridgehead atoms. The van der Waals surface area contributed by atoms with Gasteiger partial charge in [0.2, 0.25) is 5.91 Å². The van der Waals surface area contributed by atoms with Gasteiger partial charge in [-0.1, -0.05) is 20.8 Å². The van der Waals surface area contributed by atoms with E-state index in [1.54, 1.807) is 11.3 Å². The fraction of sp³-hybridized carbons (Fsp3) is 0.643. The maximum Gasteiger partial charge on any atom is 0.227 e. The number of amides is 1. The minimum Gasteiger partial charge on any atom is -0.302 e. The number of hydrogen-bond acceptors (Lipinski definition) is 3. The van der Waals surface area contributed by atoms with Crippen molar-refractivity contribution in [2.24, 2.45) is 0 Å². The van der Waals surface area contributed by atoms with Crippen LogP contribution in [-0.4, -0.2) is 36.5 Å². The molecule has 0 aliphatic heterocycles. The number of carbonyl (C=O) groups is 1. The number of rotatable bonds is 7. The summed E-state index contributed by atoms with van der Waals surface area (Å²) >= 11 is 1.63. The lowest BCUT2D eigenvalue weighted by Gasteiger charge is -2.31. The first-order valence-corrected chi connectivity index (χ1v) is 7.59. The Hall–Kier alpha value is -0.580. The zero-order valence-electron chi connectivity index (χ0n) is 12.3. The summed E-state index contributed by atoms with van der Waals surface area (Å²) < 4.78 is 0. The van der Waals surface area contributed by atoms with Crippen LogP contribution in [0.4, 0.5) is 5.00 Å². The lowest BCUT2D eigenvalue weighted by atomic mass is 10.2. The molecule has 0 spiro atoms. The van der Waals surface area contributed by atoms with Crippen molar-refractivity contribution in [2.75, 3.05) is 24.5 Å². The number of likely N-dealkylation sites (N-methyl/N-ethyl adjacent to an activating group) is 1. The second-order valence-electron chi connectivity index (χ2n) is 4.38. The van der Waals surface area contributed by atoms with Crippen LogP contribution in [0.5, 0.6) is 0 Å². The molecule has 1 aromatic heterocycles. The Balaban J connectivity index is 0.00000324. The van der Waals surface area contributed by atoms with Gasteiger partial charge in [-0.25, -0.2) is 0 Å². The fourth-order valence-corrected chi connectivity index (χ4v) is 2.91. The van der Waals surface area contributed by atoms with Crippen LogP contribution in [0.3, 0.4) is 0 Å². The fourth-order valence-electron chi connectivity index (χ4n) is 2.16. The molecule has 0 aliphatic carbocycles. The molecular formula is C14H25ClN2OS. The van der Waals surface area contributed by atoms with E-state index in [0.717, 1.165) is 24.6 Å². The van der Waals surface area contributed by atoms with Gasteiger partial charge in [-0.15, -0.1) is 23.7 Å². The van der Waals surface area contributed by atoms with Gasteiger partial charge < -0.3 is 4.90 Å². The summed E-state index contributed by atoms with van der Waals surface area (Å²) in [5.41, 5.74) is 0. The minimum atomic E-state index is 0. The highest BCUT2D eigenvalue weighted by Gasteiger charge is 2.20. The van der Waals surface area contributed by atoms with Crippen LogP contribution in [0.15, 0.2) is 17.5 Å². The molecule has 0 N–H and O–H groups in total. The van der Waals surface area contributed by atoms with Gasteiger partial charge in [0.05, 0.1) is 5.00 Å². The van der Waals surface area contributed by atoms with E-state index in [-0.39, 0.29) is 18.3 Å². The Morgan fingerprint density at radius 2 is 1.95 bits per heavy atom. The van der Waals surface area contributed by atoms with Crippen molar-refractivity contribution in [2.45, 2.75) is 40.2 Å². The Morgan fingerprint density at radius 3 is 2.37 bits per heavy atom. The molecule has 1 unspecified atom stereocenters. The molecule has 0 aliphatic rings. The van der Waals surface area contributed by atoms with Gasteiger partial charge in [-0.3, -0.25) is 9.69 Å². The van der Waals surface area contributed by atoms with E-state index < -0.39 is 0 Å². The number of nitrogens with zero attached hydrogens (tertiary/aromatic N) is 2. The summed E-state index contributed by atoms with van der Waals surface area (Å²) in [5, 5.41) is 3.08. The van der Waals surface area contributed by atoms with Crippen molar-refractivity contribution in [1.82, 2.24) is 4.90 Å². The molecule has 3 nitrogen and oxygen atoms in total. The molecule has 0 saturated heterocycles. The van der Waals surface area contributed by atoms with Gasteiger partial charge in [0.1, 0.15) is 0 Å². The Kier molecular flexibility index (Phi) is 9.06. The number of carbonyl (C=O) groups excluding carboxylic acids is 1. The third-order valence-electron chi connectivity index (χ3n) is 3.26. The first-order valence-electron chi connectivity index (χ1n) is 6.71. The Labute approximate surface area is 127 Å². The summed E-state index contributed by atoms with van der Waals surface area (Å²) in [6, 6.07) is 4.41. The van der Waals surface area contributed by atoms with Crippen molar-refractivity contribution in [1.29, 1.82) is 0 Å². The van der Waals surface area contributed by atoms with Crippen molar-refractivity contribution >= 4 is 34.7 Å². The van der Waals surface area contributed by atoms with Gasteiger partial charge in [-0.05, 0) is 37.5 Å². The zero-order chi connectivity index (χ0) is 13.5. The SMILES string of the molecule is CCC(=O)N(CC(C)N(CC)CC)c1cccs1.Cl. The van der Waals surface area contributed by atoms with Gasteiger partial charge in [0.15, 0.2) is 0 Å². The van der Waals surface area contributed by atoms with Crippen LogP contribution in [0, 0.1) is 0 Å². The van der Waals surface area contributed by atoms with E-state index in [1.807, 2.05) is 29.3 Å². The minimum absolute atomic E-state index is 0. The normalized spacial score (nSPS) is 12.1. The van der Waals surface area contributed by atoms with Crippen LogP contribution < -0.4 is 4.90 Å². The maximum absolute atomic E-state index is 12.1. The molecular weight excluding hydrogens is 280 g/mol. The molecule has 0 saturated carbocycles. The van der Waals surface area contributed by atoms with Gasteiger partial charge in [-0.2, -0.15) is 0 Å². The molecule has 0 fully saturated rings. The molecule has 1 aromatic rings. The first kappa shape index (κ1) is 18.4. The number of anilines is 1. The predicted molar refractivity (Wildman–Crippen MR) is 86.6 cm³/mol. The maximum atomic E-state index is 12.1. The van der Waals surface area contributed by atoms with E-state index in [9.17, 15) is 4.79 Å². The average molecular weight is 305 g/mol. The summed E-state index contributed by atoms with van der Waals surface area (Å²) in [6.45, 7) is 11.3. The zero-order valence-corrected chi connectivity index (χ0v) is 13.9. The smallest absolute Gasteiger partial charge is 0.227 e. The summed E-state index contributed by atoms with van der Waals surface area (Å²) in [4.78, 5) is 16.4. The van der Waals surface area contributed by atoms with E-state index in [4.69, 9.17) is 0 Å². The van der Waals surface area contributed by atoms with E-state index in [2.05, 4.69) is 25.7 Å². The second-order valence-corrected chi connectivity index (χ2v) is 5.31. The number of thiophene rings is 1. The monoisotopic (exact) mass is 304 g/mol. The van der Waals surface area contributed by atoms with Gasteiger partial charge in [0, 0.05) is 19.0 Å². The number of halogens is 1. The van der Waals surface area contributed by atoms with Gasteiger partial charge >= 0.3 is 0 Å². The quantitative estimate of drug-likeness (QED) is 0.768. The van der Waals surface area contributed by atoms with Crippen LogP contribution in [0.1, 0.15) is 34.1 Å². The predicted octanol–water partition coefficient (Wildman–Crippen LogP) is 3.64. The molecule has 0 radical (unpaired) electrons. The molecule has 1 amide bonds. The molecule has 5 heteroatoms. The molecule has 110 valence electrons. The van der Waals surface area contributed by atoms with E-state index >= 15 is 0 Å². The molecule has 19 heavy (non-hydrogen) atoms. The van der Waals surface area contributed by atoms with Crippen molar-refractivity contribution in [3.63, 3.8) is 0 Å². The highest BCUT2D eigenvalue weighted by molar-refractivity contribution is 7.14. The van der Waals surface area contributed by atoms with Crippen molar-refractivity contribution in [3.05, 3.63) is 17.5 Å². The topological polar surface area (TPSA) is 23.6 Å².